The SMILES string of the molecule is CC1(C)CCC(=O)CC1.CC1(C)CCC2(CC1)CO2.CS(C)(C)I. The third kappa shape index (κ3) is 10.6. The van der Waals surface area contributed by atoms with Crippen molar-refractivity contribution in [2.75, 3.05) is 25.4 Å². The number of hydrogen-bond donors (Lipinski definition) is 0. The molecule has 3 rings (SSSR count). The smallest absolute Gasteiger partial charge is 0.132 e. The molecule has 0 aromatic rings. The number of halogens is 1. The molecule has 0 unspecified atom stereocenters. The first-order valence-corrected chi connectivity index (χ1v) is 14.7. The molecule has 3 aliphatic rings. The summed E-state index contributed by atoms with van der Waals surface area (Å²) < 4.78 is 5.43. The monoisotopic (exact) mass is 470 g/mol. The highest BCUT2D eigenvalue weighted by Gasteiger charge is 2.48. The minimum atomic E-state index is -0.197. The van der Waals surface area contributed by atoms with Gasteiger partial charge in [0.15, 0.2) is 0 Å². The van der Waals surface area contributed by atoms with Crippen LogP contribution in [0.15, 0.2) is 0 Å². The lowest BCUT2D eigenvalue weighted by Gasteiger charge is -2.32. The van der Waals surface area contributed by atoms with E-state index in [1.165, 1.54) is 25.7 Å². The largest absolute Gasteiger partial charge is 0.370 e. The maximum atomic E-state index is 10.8. The number of epoxide rings is 1. The van der Waals surface area contributed by atoms with Crippen molar-refractivity contribution in [3.05, 3.63) is 0 Å². The van der Waals surface area contributed by atoms with E-state index in [0.29, 0.717) is 22.2 Å². The fourth-order valence-electron chi connectivity index (χ4n) is 2.98. The van der Waals surface area contributed by atoms with Crippen molar-refractivity contribution in [3.63, 3.8) is 0 Å². The van der Waals surface area contributed by atoms with Crippen molar-refractivity contribution >= 4 is 34.2 Å². The van der Waals surface area contributed by atoms with Crippen LogP contribution in [0.1, 0.15) is 79.1 Å². The van der Waals surface area contributed by atoms with E-state index in [1.54, 1.807) is 0 Å². The molecule has 0 N–H and O–H groups in total. The molecular formula is C20H39IO2S. The second-order valence-corrected chi connectivity index (χ2v) is 21.3. The van der Waals surface area contributed by atoms with Gasteiger partial charge >= 0.3 is 0 Å². The first kappa shape index (κ1) is 22.8. The molecular weight excluding hydrogens is 431 g/mol. The summed E-state index contributed by atoms with van der Waals surface area (Å²) in [6.07, 6.45) is 15.9. The standard InChI is InChI=1S/C9H16O.C8H14O.C3H9IS/c1-8(2)3-5-9(6-4-8)7-10-9;1-8(2)5-3-7(9)4-6-8;1-5(2,3)4/h3-7H2,1-2H3;3-6H2,1-2H3;1-3H3. The molecule has 2 aliphatic carbocycles. The van der Waals surface area contributed by atoms with Crippen LogP contribution in [-0.4, -0.2) is 36.8 Å². The fraction of sp³-hybridized carbons (Fsp3) is 0.950. The second-order valence-electron chi connectivity index (χ2n) is 10.0. The Balaban J connectivity index is 0.000000192. The van der Waals surface area contributed by atoms with Crippen molar-refractivity contribution in [1.29, 1.82) is 0 Å². The molecule has 1 spiro atoms. The molecule has 1 heterocycles. The molecule has 144 valence electrons. The summed E-state index contributed by atoms with van der Waals surface area (Å²) >= 11 is 2.46. The normalized spacial score (nSPS) is 27.2. The van der Waals surface area contributed by atoms with Gasteiger partial charge in [-0.1, -0.05) is 27.7 Å². The molecule has 0 aromatic heterocycles. The number of rotatable bonds is 0. The van der Waals surface area contributed by atoms with Crippen LogP contribution in [0.5, 0.6) is 0 Å². The highest BCUT2D eigenvalue weighted by atomic mass is 127. The Labute approximate surface area is 164 Å². The topological polar surface area (TPSA) is 29.6 Å². The Kier molecular flexibility index (Phi) is 8.15. The van der Waals surface area contributed by atoms with E-state index >= 15 is 0 Å². The van der Waals surface area contributed by atoms with Gasteiger partial charge in [0, 0.05) is 12.8 Å². The van der Waals surface area contributed by atoms with Gasteiger partial charge in [-0.3, -0.25) is 4.79 Å². The predicted octanol–water partition coefficient (Wildman–Crippen LogP) is 6.54. The molecule has 0 amide bonds. The van der Waals surface area contributed by atoms with Crippen LogP contribution in [0.25, 0.3) is 0 Å². The summed E-state index contributed by atoms with van der Waals surface area (Å²) in [5.74, 6) is 0.453. The lowest BCUT2D eigenvalue weighted by molar-refractivity contribution is -0.121. The zero-order valence-electron chi connectivity index (χ0n) is 17.0. The molecule has 1 aliphatic heterocycles. The highest BCUT2D eigenvalue weighted by molar-refractivity contribution is 14.2. The molecule has 0 aromatic carbocycles. The Morgan fingerprint density at radius 1 is 0.833 bits per heavy atom. The van der Waals surface area contributed by atoms with E-state index in [9.17, 15) is 4.79 Å². The lowest BCUT2D eigenvalue weighted by atomic mass is 9.73. The van der Waals surface area contributed by atoms with E-state index in [4.69, 9.17) is 4.74 Å². The van der Waals surface area contributed by atoms with Gasteiger partial charge in [0.1, 0.15) is 5.78 Å². The van der Waals surface area contributed by atoms with Gasteiger partial charge in [-0.25, -0.2) is 0 Å². The summed E-state index contributed by atoms with van der Waals surface area (Å²) in [6, 6.07) is 0. The van der Waals surface area contributed by atoms with Crippen molar-refractivity contribution in [2.24, 2.45) is 10.8 Å². The Morgan fingerprint density at radius 3 is 1.46 bits per heavy atom. The van der Waals surface area contributed by atoms with Crippen LogP contribution in [0.3, 0.4) is 0 Å². The number of ether oxygens (including phenoxy) is 1. The van der Waals surface area contributed by atoms with Crippen molar-refractivity contribution in [1.82, 2.24) is 0 Å². The fourth-order valence-corrected chi connectivity index (χ4v) is 2.98. The minimum absolute atomic E-state index is 0.197. The van der Waals surface area contributed by atoms with E-state index in [0.717, 1.165) is 32.3 Å². The third-order valence-corrected chi connectivity index (χ3v) is 5.23. The number of carbonyl (C=O) groups excluding carboxylic acids is 1. The number of carbonyl (C=O) groups is 1. The molecule has 2 saturated carbocycles. The average molecular weight is 471 g/mol. The van der Waals surface area contributed by atoms with Gasteiger partial charge in [-0.05, 0) is 89.3 Å². The second kappa shape index (κ2) is 8.60. The molecule has 24 heavy (non-hydrogen) atoms. The van der Waals surface area contributed by atoms with Crippen LogP contribution < -0.4 is 0 Å². The Bertz CT molecular complexity index is 384. The first-order valence-electron chi connectivity index (χ1n) is 9.26. The maximum absolute atomic E-state index is 10.8. The number of ketones is 1. The van der Waals surface area contributed by atoms with Gasteiger partial charge in [-0.15, -0.1) is 0 Å². The lowest BCUT2D eigenvalue weighted by Crippen LogP contribution is -2.26. The summed E-state index contributed by atoms with van der Waals surface area (Å²) in [7, 11) is -0.197. The summed E-state index contributed by atoms with van der Waals surface area (Å²) in [5.41, 5.74) is 1.42. The van der Waals surface area contributed by atoms with E-state index in [2.05, 4.69) is 67.7 Å². The third-order valence-electron chi connectivity index (χ3n) is 5.23. The number of Topliss-reactive ketones (excluding diaryl/α,β-unsaturated/α-hetero) is 1. The molecule has 0 radical (unpaired) electrons. The van der Waals surface area contributed by atoms with Gasteiger partial charge in [0.05, 0.1) is 12.2 Å². The van der Waals surface area contributed by atoms with E-state index < -0.39 is 0 Å². The Hall–Kier alpha value is 0.710. The molecule has 0 atom stereocenters. The van der Waals surface area contributed by atoms with Crippen LogP contribution in [-0.2, 0) is 9.53 Å². The van der Waals surface area contributed by atoms with Gasteiger partial charge in [0.25, 0.3) is 0 Å². The van der Waals surface area contributed by atoms with Crippen LogP contribution >= 0.6 is 28.4 Å². The van der Waals surface area contributed by atoms with Gasteiger partial charge < -0.3 is 4.74 Å². The van der Waals surface area contributed by atoms with Crippen molar-refractivity contribution in [3.8, 4) is 0 Å². The quantitative estimate of drug-likeness (QED) is 0.297. The molecule has 4 heteroatoms. The van der Waals surface area contributed by atoms with Crippen molar-refractivity contribution < 1.29 is 9.53 Å². The zero-order chi connectivity index (χ0) is 18.6. The molecule has 2 nitrogen and oxygen atoms in total. The maximum Gasteiger partial charge on any atom is 0.132 e. The molecule has 0 bridgehead atoms. The number of hydrogen-bond acceptors (Lipinski definition) is 2. The average Bonchev–Trinajstić information content (AvgIpc) is 3.17. The van der Waals surface area contributed by atoms with Crippen LogP contribution in [0.4, 0.5) is 0 Å². The Morgan fingerprint density at radius 2 is 1.17 bits per heavy atom. The van der Waals surface area contributed by atoms with Crippen LogP contribution in [0.2, 0.25) is 0 Å². The van der Waals surface area contributed by atoms with Crippen LogP contribution in [0, 0.1) is 10.8 Å². The summed E-state index contributed by atoms with van der Waals surface area (Å²) in [5, 5.41) is 0. The zero-order valence-corrected chi connectivity index (χ0v) is 19.9. The van der Waals surface area contributed by atoms with E-state index in [1.807, 2.05) is 0 Å². The predicted molar refractivity (Wildman–Crippen MR) is 118 cm³/mol. The van der Waals surface area contributed by atoms with Gasteiger partial charge in [0.2, 0.25) is 0 Å². The molecule has 1 saturated heterocycles. The summed E-state index contributed by atoms with van der Waals surface area (Å²) in [4.78, 5) is 10.8. The van der Waals surface area contributed by atoms with Gasteiger partial charge in [-0.2, -0.15) is 7.20 Å². The van der Waals surface area contributed by atoms with Crippen molar-refractivity contribution in [2.45, 2.75) is 84.7 Å². The van der Waals surface area contributed by atoms with E-state index in [-0.39, 0.29) is 7.20 Å². The minimum Gasteiger partial charge on any atom is -0.370 e. The first-order chi connectivity index (χ1) is 10.7. The summed E-state index contributed by atoms with van der Waals surface area (Å²) in [6.45, 7) is 10.2. The highest BCUT2D eigenvalue weighted by Crippen LogP contribution is 2.48. The molecule has 3 fully saturated rings.